The third-order valence-corrected chi connectivity index (χ3v) is 11.3. The van der Waals surface area contributed by atoms with E-state index < -0.39 is 5.91 Å². The summed E-state index contributed by atoms with van der Waals surface area (Å²) in [7, 11) is 0. The van der Waals surface area contributed by atoms with E-state index in [2.05, 4.69) is 30.8 Å². The van der Waals surface area contributed by atoms with E-state index in [1.807, 2.05) is 76.5 Å². The number of hydrogen-bond acceptors (Lipinski definition) is 11. The fraction of sp³-hybridized carbons (Fsp3) is 0.452. The maximum absolute atomic E-state index is 13.2. The zero-order valence-corrected chi connectivity index (χ0v) is 31.7. The summed E-state index contributed by atoms with van der Waals surface area (Å²) in [6.45, 7) is 5.82. The average Bonchev–Trinajstić information content (AvgIpc) is 4.06. The van der Waals surface area contributed by atoms with Gasteiger partial charge in [-0.15, -0.1) is 0 Å². The largest absolute Gasteiger partial charge is 0.423 e. The normalized spacial score (nSPS) is 22.9. The molecule has 5 aromatic rings. The lowest BCUT2D eigenvalue weighted by molar-refractivity contribution is -0.124. The molecule has 6 heterocycles. The smallest absolute Gasteiger partial charge is 0.299 e. The van der Waals surface area contributed by atoms with Crippen molar-refractivity contribution in [3.63, 3.8) is 0 Å². The predicted molar refractivity (Wildman–Crippen MR) is 214 cm³/mol. The van der Waals surface area contributed by atoms with Gasteiger partial charge < -0.3 is 40.3 Å². The van der Waals surface area contributed by atoms with E-state index in [1.54, 1.807) is 6.07 Å². The highest BCUT2D eigenvalue weighted by Crippen LogP contribution is 2.30. The van der Waals surface area contributed by atoms with Gasteiger partial charge in [0.05, 0.1) is 0 Å². The number of amides is 3. The van der Waals surface area contributed by atoms with Gasteiger partial charge in [0.25, 0.3) is 12.0 Å². The molecular formula is C42H51N9O5. The Hall–Kier alpha value is -5.47. The molecule has 14 heteroatoms. The van der Waals surface area contributed by atoms with Crippen LogP contribution >= 0.6 is 0 Å². The van der Waals surface area contributed by atoms with Crippen LogP contribution in [0.15, 0.2) is 81.6 Å². The molecule has 4 aliphatic rings. The van der Waals surface area contributed by atoms with Crippen LogP contribution in [0.5, 0.6) is 0 Å². The van der Waals surface area contributed by atoms with Crippen molar-refractivity contribution in [2.75, 3.05) is 49.1 Å². The molecule has 4 fully saturated rings. The third-order valence-electron chi connectivity index (χ3n) is 11.3. The Labute approximate surface area is 326 Å². The van der Waals surface area contributed by atoms with Gasteiger partial charge in [-0.3, -0.25) is 19.3 Å². The van der Waals surface area contributed by atoms with Crippen molar-refractivity contribution >= 4 is 52.0 Å². The number of benzene rings is 3. The first-order valence-corrected chi connectivity index (χ1v) is 20.0. The number of carbonyl (C=O) groups is 3. The number of fused-ring (bicyclic) bond motifs is 2. The van der Waals surface area contributed by atoms with Gasteiger partial charge in [-0.2, -0.15) is 9.97 Å². The summed E-state index contributed by atoms with van der Waals surface area (Å²) in [6, 6.07) is 23.8. The van der Waals surface area contributed by atoms with Crippen LogP contribution in [0.1, 0.15) is 67.3 Å². The summed E-state index contributed by atoms with van der Waals surface area (Å²) in [5.41, 5.74) is 10.1. The molecule has 2 aromatic heterocycles. The molecule has 294 valence electrons. The fourth-order valence-electron chi connectivity index (χ4n) is 8.38. The lowest BCUT2D eigenvalue weighted by Crippen LogP contribution is -2.52. The van der Waals surface area contributed by atoms with E-state index in [4.69, 9.17) is 14.6 Å². The molecule has 0 aliphatic carbocycles. The zero-order chi connectivity index (χ0) is 38.4. The highest BCUT2D eigenvalue weighted by molar-refractivity contribution is 5.93. The first kappa shape index (κ1) is 37.5. The molecule has 0 radical (unpaired) electrons. The van der Waals surface area contributed by atoms with Crippen molar-refractivity contribution in [2.45, 2.75) is 82.1 Å². The second kappa shape index (κ2) is 17.1. The molecule has 0 bridgehead atoms. The lowest BCUT2D eigenvalue weighted by atomic mass is 10.0. The van der Waals surface area contributed by atoms with E-state index in [1.165, 1.54) is 0 Å². The summed E-state index contributed by atoms with van der Waals surface area (Å²) in [4.78, 5) is 52.9. The molecule has 4 aliphatic heterocycles. The van der Waals surface area contributed by atoms with Crippen molar-refractivity contribution in [1.82, 2.24) is 30.8 Å². The summed E-state index contributed by atoms with van der Waals surface area (Å²) in [5, 5.41) is 9.71. The van der Waals surface area contributed by atoms with Crippen LogP contribution in [0, 0.1) is 0 Å². The van der Waals surface area contributed by atoms with Crippen LogP contribution in [0.3, 0.4) is 0 Å². The first-order chi connectivity index (χ1) is 27.4. The molecule has 14 nitrogen and oxygen atoms in total. The van der Waals surface area contributed by atoms with Gasteiger partial charge in [-0.05, 0) is 99.9 Å². The summed E-state index contributed by atoms with van der Waals surface area (Å²) in [5.74, 6) is -0.278. The number of rotatable bonds is 9. The van der Waals surface area contributed by atoms with Gasteiger partial charge in [0, 0.05) is 56.9 Å². The molecule has 0 spiro atoms. The second-order valence-corrected chi connectivity index (χ2v) is 15.3. The van der Waals surface area contributed by atoms with E-state index in [9.17, 15) is 14.4 Å². The van der Waals surface area contributed by atoms with Gasteiger partial charge in [-0.1, -0.05) is 36.4 Å². The van der Waals surface area contributed by atoms with Crippen LogP contribution in [0.4, 0.5) is 12.0 Å². The van der Waals surface area contributed by atoms with Crippen molar-refractivity contribution in [3.05, 3.63) is 83.9 Å². The summed E-state index contributed by atoms with van der Waals surface area (Å²) >= 11 is 0. The van der Waals surface area contributed by atoms with Gasteiger partial charge in [-0.25, -0.2) is 0 Å². The molecule has 56 heavy (non-hydrogen) atoms. The molecule has 0 unspecified atom stereocenters. The minimum atomic E-state index is -0.417. The van der Waals surface area contributed by atoms with E-state index in [0.29, 0.717) is 17.6 Å². The Morgan fingerprint density at radius 3 is 1.89 bits per heavy atom. The zero-order valence-electron chi connectivity index (χ0n) is 31.7. The van der Waals surface area contributed by atoms with Gasteiger partial charge >= 0.3 is 0 Å². The van der Waals surface area contributed by atoms with Gasteiger partial charge in [0.1, 0.15) is 23.1 Å². The summed E-state index contributed by atoms with van der Waals surface area (Å²) < 4.78 is 11.8. The number of nitrogens with two attached hydrogens (primary N) is 1. The Bertz CT molecular complexity index is 2080. The number of nitrogens with one attached hydrogen (secondary N) is 3. The molecule has 4 saturated heterocycles. The fourth-order valence-corrected chi connectivity index (χ4v) is 8.38. The van der Waals surface area contributed by atoms with Gasteiger partial charge in [0.2, 0.25) is 17.7 Å². The number of para-hydroxylation sites is 4. The SMILES string of the molecule is NC(=O)c1cccc(CN2CC[C@H](NC(=O)[C@@H]3CCCCN3c3nc4ccccc4o3)C2)c1.O=C(N[C@H]1CCNC1)[C@@H]1CCCCN1c1nc2ccccc2o1. The van der Waals surface area contributed by atoms with Crippen LogP contribution in [-0.4, -0.2) is 96.0 Å². The van der Waals surface area contributed by atoms with Crippen LogP contribution in [-0.2, 0) is 16.1 Å². The molecule has 3 aromatic carbocycles. The Kier molecular flexibility index (Phi) is 11.5. The minimum Gasteiger partial charge on any atom is -0.423 e. The number of primary amides is 1. The maximum Gasteiger partial charge on any atom is 0.299 e. The molecule has 5 N–H and O–H groups in total. The molecule has 9 rings (SSSR count). The lowest BCUT2D eigenvalue weighted by Gasteiger charge is -2.34. The molecule has 0 saturated carbocycles. The van der Waals surface area contributed by atoms with Crippen LogP contribution in [0.2, 0.25) is 0 Å². The number of oxazole rings is 2. The standard InChI is InChI=1S/C25H29N5O3.C17H22N4O2/c26-23(31)18-7-5-6-17(14-18)15-29-13-11-19(16-29)27-24(32)21-9-3-4-12-30(21)25-28-20-8-1-2-10-22(20)33-25;22-16(19-12-8-9-18-11-12)14-6-3-4-10-21(14)17-20-13-5-1-2-7-15(13)23-17/h1-2,5-8,10,14,19,21H,3-4,9,11-13,15-16H2,(H2,26,31)(H,27,32);1-2,5,7,12,14,18H,3-4,6,8-11H2,(H,19,22)/t19-,21-;12-,14-/m00/s1. The highest BCUT2D eigenvalue weighted by Gasteiger charge is 2.35. The molecular weight excluding hydrogens is 711 g/mol. The van der Waals surface area contributed by atoms with Crippen molar-refractivity contribution in [3.8, 4) is 0 Å². The van der Waals surface area contributed by atoms with Crippen LogP contribution in [0.25, 0.3) is 22.2 Å². The highest BCUT2D eigenvalue weighted by atomic mass is 16.4. The Morgan fingerprint density at radius 1 is 0.714 bits per heavy atom. The molecule has 4 atom stereocenters. The Morgan fingerprint density at radius 2 is 1.32 bits per heavy atom. The quantitative estimate of drug-likeness (QED) is 0.168. The average molecular weight is 762 g/mol. The monoisotopic (exact) mass is 761 g/mol. The third kappa shape index (κ3) is 8.66. The molecule has 3 amide bonds. The van der Waals surface area contributed by atoms with Crippen molar-refractivity contribution in [2.24, 2.45) is 5.73 Å². The second-order valence-electron chi connectivity index (χ2n) is 15.3. The first-order valence-electron chi connectivity index (χ1n) is 20.0. The minimum absolute atomic E-state index is 0.0412. The number of aromatic nitrogens is 2. The van der Waals surface area contributed by atoms with Gasteiger partial charge in [0.15, 0.2) is 11.2 Å². The van der Waals surface area contributed by atoms with Crippen molar-refractivity contribution in [1.29, 1.82) is 0 Å². The number of carbonyl (C=O) groups excluding carboxylic acids is 3. The van der Waals surface area contributed by atoms with Crippen molar-refractivity contribution < 1.29 is 23.2 Å². The number of hydrogen-bond donors (Lipinski definition) is 4. The Balaban J connectivity index is 0.000000168. The number of likely N-dealkylation sites (tertiary alicyclic amines) is 1. The number of nitrogens with zero attached hydrogens (tertiary/aromatic N) is 5. The predicted octanol–water partition coefficient (Wildman–Crippen LogP) is 4.34. The summed E-state index contributed by atoms with van der Waals surface area (Å²) in [6.07, 6.45) is 7.71. The van der Waals surface area contributed by atoms with Crippen LogP contribution < -0.4 is 31.5 Å². The maximum atomic E-state index is 13.2. The number of piperidine rings is 2. The number of anilines is 2. The van der Waals surface area contributed by atoms with E-state index >= 15 is 0 Å². The topological polar surface area (TPSA) is 175 Å². The van der Waals surface area contributed by atoms with E-state index in [-0.39, 0.29) is 36.0 Å². The van der Waals surface area contributed by atoms with E-state index in [0.717, 1.165) is 125 Å².